The van der Waals surface area contributed by atoms with E-state index in [1.165, 1.54) is 11.3 Å². The summed E-state index contributed by atoms with van der Waals surface area (Å²) in [6.45, 7) is 0.671. The van der Waals surface area contributed by atoms with E-state index in [1.54, 1.807) is 28.4 Å². The Morgan fingerprint density at radius 2 is 2.38 bits per heavy atom. The molecule has 84 valence electrons. The molecule has 16 heavy (non-hydrogen) atoms. The Hall–Kier alpha value is -1.47. The maximum atomic E-state index is 10.5. The number of aliphatic carboxylic acids is 1. The number of carboxylic acid groups (broad SMARTS) is 1. The average Bonchev–Trinajstić information content (AvgIpc) is 2.84. The van der Waals surface area contributed by atoms with Gasteiger partial charge in [0.25, 0.3) is 0 Å². The number of aromatic nitrogens is 2. The van der Waals surface area contributed by atoms with Crippen LogP contribution in [0.2, 0.25) is 0 Å². The van der Waals surface area contributed by atoms with Crippen molar-refractivity contribution in [3.63, 3.8) is 0 Å². The zero-order chi connectivity index (χ0) is 11.4. The van der Waals surface area contributed by atoms with Crippen molar-refractivity contribution in [1.29, 1.82) is 0 Å². The Labute approximate surface area is 99.8 Å². The number of hydrogen-bond acceptors (Lipinski definition) is 6. The van der Waals surface area contributed by atoms with Gasteiger partial charge in [0.15, 0.2) is 5.13 Å². The molecule has 0 aliphatic carbocycles. The van der Waals surface area contributed by atoms with Gasteiger partial charge in [-0.2, -0.15) is 0 Å². The monoisotopic (exact) mass is 255 g/mol. The van der Waals surface area contributed by atoms with E-state index in [2.05, 4.69) is 15.3 Å². The van der Waals surface area contributed by atoms with Crippen LogP contribution in [0.25, 0.3) is 0 Å². The Kier molecular flexibility index (Phi) is 3.47. The summed E-state index contributed by atoms with van der Waals surface area (Å²) in [7, 11) is 0. The fourth-order valence-corrected chi connectivity index (χ4v) is 2.36. The molecule has 0 amide bonds. The van der Waals surface area contributed by atoms with Crippen LogP contribution in [0.5, 0.6) is 0 Å². The van der Waals surface area contributed by atoms with Crippen LogP contribution >= 0.6 is 22.7 Å². The average molecular weight is 255 g/mol. The molecule has 2 aromatic heterocycles. The second-order valence-corrected chi connectivity index (χ2v) is 4.86. The topological polar surface area (TPSA) is 75.1 Å². The van der Waals surface area contributed by atoms with Gasteiger partial charge in [-0.05, 0) is 0 Å². The molecule has 0 bridgehead atoms. The molecule has 2 rings (SSSR count). The van der Waals surface area contributed by atoms with Gasteiger partial charge >= 0.3 is 5.97 Å². The van der Waals surface area contributed by atoms with E-state index in [-0.39, 0.29) is 6.42 Å². The van der Waals surface area contributed by atoms with E-state index in [0.29, 0.717) is 12.2 Å². The Balaban J connectivity index is 1.90. The van der Waals surface area contributed by atoms with Crippen LogP contribution in [-0.4, -0.2) is 21.0 Å². The zero-order valence-electron chi connectivity index (χ0n) is 8.21. The highest BCUT2D eigenvalue weighted by Gasteiger charge is 2.05. The minimum atomic E-state index is -0.862. The van der Waals surface area contributed by atoms with E-state index in [9.17, 15) is 4.79 Å². The summed E-state index contributed by atoms with van der Waals surface area (Å²) in [6.07, 6.45) is 1.77. The number of thiazole rings is 2. The molecule has 0 aromatic carbocycles. The van der Waals surface area contributed by atoms with Gasteiger partial charge in [0.2, 0.25) is 0 Å². The van der Waals surface area contributed by atoms with E-state index in [4.69, 9.17) is 5.11 Å². The van der Waals surface area contributed by atoms with Crippen molar-refractivity contribution in [2.24, 2.45) is 0 Å². The summed E-state index contributed by atoms with van der Waals surface area (Å²) >= 11 is 2.98. The molecule has 7 heteroatoms. The number of nitrogens with zero attached hydrogens (tertiary/aromatic N) is 2. The van der Waals surface area contributed by atoms with Crippen molar-refractivity contribution in [3.8, 4) is 0 Å². The number of anilines is 1. The summed E-state index contributed by atoms with van der Waals surface area (Å²) < 4.78 is 0. The normalized spacial score (nSPS) is 10.2. The van der Waals surface area contributed by atoms with Gasteiger partial charge in [-0.1, -0.05) is 0 Å². The van der Waals surface area contributed by atoms with Crippen LogP contribution in [0.1, 0.15) is 10.6 Å². The van der Waals surface area contributed by atoms with Crippen LogP contribution in [0.15, 0.2) is 17.1 Å². The minimum absolute atomic E-state index is 0.0290. The van der Waals surface area contributed by atoms with Crippen molar-refractivity contribution >= 4 is 33.8 Å². The molecule has 2 aromatic rings. The lowest BCUT2D eigenvalue weighted by atomic mass is 10.3. The number of hydrogen-bond donors (Lipinski definition) is 2. The first-order valence-electron chi connectivity index (χ1n) is 4.51. The molecule has 0 saturated heterocycles. The number of rotatable bonds is 5. The quantitative estimate of drug-likeness (QED) is 0.852. The fraction of sp³-hybridized carbons (Fsp3) is 0.222. The van der Waals surface area contributed by atoms with E-state index >= 15 is 0 Å². The van der Waals surface area contributed by atoms with Gasteiger partial charge in [-0.3, -0.25) is 9.78 Å². The Morgan fingerprint density at radius 1 is 1.50 bits per heavy atom. The van der Waals surface area contributed by atoms with Gasteiger partial charge < -0.3 is 10.4 Å². The molecule has 2 N–H and O–H groups in total. The molecule has 0 radical (unpaired) electrons. The standard InChI is InChI=1S/C9H9N3O2S2/c13-8(14)1-6-4-15-9(12-6)11-3-7-2-10-5-16-7/h2,4-5H,1,3H2,(H,11,12)(H,13,14). The first-order valence-corrected chi connectivity index (χ1v) is 6.27. The summed E-state index contributed by atoms with van der Waals surface area (Å²) in [6, 6.07) is 0. The first kappa shape index (κ1) is 11.0. The lowest BCUT2D eigenvalue weighted by Crippen LogP contribution is -2.01. The Bertz CT molecular complexity index is 467. The molecule has 0 saturated carbocycles. The van der Waals surface area contributed by atoms with Gasteiger partial charge in [0.1, 0.15) is 0 Å². The molecule has 0 fully saturated rings. The molecular formula is C9H9N3O2S2. The number of carboxylic acids is 1. The fourth-order valence-electron chi connectivity index (χ4n) is 1.12. The second-order valence-electron chi connectivity index (χ2n) is 3.04. The highest BCUT2D eigenvalue weighted by molar-refractivity contribution is 7.13. The van der Waals surface area contributed by atoms with Crippen molar-refractivity contribution < 1.29 is 9.90 Å². The summed E-state index contributed by atoms with van der Waals surface area (Å²) in [4.78, 5) is 19.7. The van der Waals surface area contributed by atoms with Gasteiger partial charge in [0, 0.05) is 16.5 Å². The van der Waals surface area contributed by atoms with Crippen LogP contribution < -0.4 is 5.32 Å². The van der Waals surface area contributed by atoms with Crippen LogP contribution in [0.4, 0.5) is 5.13 Å². The third-order valence-corrected chi connectivity index (χ3v) is 3.41. The number of carbonyl (C=O) groups is 1. The third kappa shape index (κ3) is 3.01. The molecule has 5 nitrogen and oxygen atoms in total. The van der Waals surface area contributed by atoms with E-state index in [1.807, 2.05) is 0 Å². The van der Waals surface area contributed by atoms with Crippen molar-refractivity contribution in [2.75, 3.05) is 5.32 Å². The SMILES string of the molecule is O=C(O)Cc1csc(NCc2cncs2)n1. The van der Waals surface area contributed by atoms with Crippen molar-refractivity contribution in [1.82, 2.24) is 9.97 Å². The molecule has 0 aliphatic heterocycles. The lowest BCUT2D eigenvalue weighted by molar-refractivity contribution is -0.136. The van der Waals surface area contributed by atoms with E-state index < -0.39 is 5.97 Å². The maximum Gasteiger partial charge on any atom is 0.309 e. The smallest absolute Gasteiger partial charge is 0.309 e. The predicted molar refractivity (Wildman–Crippen MR) is 62.9 cm³/mol. The molecular weight excluding hydrogens is 246 g/mol. The minimum Gasteiger partial charge on any atom is -0.481 e. The molecule has 0 spiro atoms. The highest BCUT2D eigenvalue weighted by Crippen LogP contribution is 2.17. The molecule has 0 aliphatic rings. The van der Waals surface area contributed by atoms with Crippen molar-refractivity contribution in [3.05, 3.63) is 27.7 Å². The summed E-state index contributed by atoms with van der Waals surface area (Å²) in [5.74, 6) is -0.862. The molecule has 0 atom stereocenters. The van der Waals surface area contributed by atoms with Gasteiger partial charge in [-0.25, -0.2) is 4.98 Å². The van der Waals surface area contributed by atoms with Crippen LogP contribution in [-0.2, 0) is 17.8 Å². The molecule has 2 heterocycles. The maximum absolute atomic E-state index is 10.5. The van der Waals surface area contributed by atoms with E-state index in [0.717, 1.165) is 10.0 Å². The Morgan fingerprint density at radius 3 is 3.06 bits per heavy atom. The highest BCUT2D eigenvalue weighted by atomic mass is 32.1. The van der Waals surface area contributed by atoms with Gasteiger partial charge in [-0.15, -0.1) is 22.7 Å². The first-order chi connectivity index (χ1) is 7.74. The van der Waals surface area contributed by atoms with Crippen LogP contribution in [0, 0.1) is 0 Å². The van der Waals surface area contributed by atoms with Crippen LogP contribution in [0.3, 0.4) is 0 Å². The lowest BCUT2D eigenvalue weighted by Gasteiger charge is -1.97. The summed E-state index contributed by atoms with van der Waals surface area (Å²) in [5, 5.41) is 14.2. The van der Waals surface area contributed by atoms with Crippen molar-refractivity contribution in [2.45, 2.75) is 13.0 Å². The third-order valence-electron chi connectivity index (χ3n) is 1.78. The summed E-state index contributed by atoms with van der Waals surface area (Å²) in [5.41, 5.74) is 2.36. The largest absolute Gasteiger partial charge is 0.481 e. The number of nitrogens with one attached hydrogen (secondary N) is 1. The van der Waals surface area contributed by atoms with Gasteiger partial charge in [0.05, 0.1) is 24.2 Å². The second kappa shape index (κ2) is 5.04. The zero-order valence-corrected chi connectivity index (χ0v) is 9.85. The molecule has 0 unspecified atom stereocenters. The predicted octanol–water partition coefficient (Wildman–Crippen LogP) is 1.84.